The highest BCUT2D eigenvalue weighted by Gasteiger charge is 2.29. The lowest BCUT2D eigenvalue weighted by Crippen LogP contribution is -2.34. The number of ether oxygens (including phenoxy) is 2. The zero-order chi connectivity index (χ0) is 24.8. The molecule has 0 saturated carbocycles. The Hall–Kier alpha value is -3.98. The molecule has 0 radical (unpaired) electrons. The van der Waals surface area contributed by atoms with Gasteiger partial charge in [0, 0.05) is 25.6 Å². The molecule has 35 heavy (non-hydrogen) atoms. The van der Waals surface area contributed by atoms with Gasteiger partial charge in [0.05, 0.1) is 30.0 Å². The molecule has 9 heteroatoms. The summed E-state index contributed by atoms with van der Waals surface area (Å²) < 4.78 is 11.7. The number of carbonyl (C=O) groups excluding carboxylic acids is 1. The van der Waals surface area contributed by atoms with Gasteiger partial charge in [-0.3, -0.25) is 10.2 Å². The lowest BCUT2D eigenvalue weighted by atomic mass is 10.0. The van der Waals surface area contributed by atoms with Crippen molar-refractivity contribution in [3.63, 3.8) is 0 Å². The molecule has 1 fully saturated rings. The number of aromatic nitrogens is 2. The number of benzene rings is 2. The zero-order valence-corrected chi connectivity index (χ0v) is 19.9. The van der Waals surface area contributed by atoms with Crippen molar-refractivity contribution in [1.29, 1.82) is 5.41 Å². The number of amides is 1. The van der Waals surface area contributed by atoms with Crippen LogP contribution in [0, 0.1) is 5.41 Å². The molecule has 4 N–H and O–H groups in total. The minimum atomic E-state index is -0.0627. The number of nitrogens with one attached hydrogen (secondary N) is 2. The van der Waals surface area contributed by atoms with Gasteiger partial charge in [-0.25, -0.2) is 9.97 Å². The predicted molar refractivity (Wildman–Crippen MR) is 135 cm³/mol. The topological polar surface area (TPSA) is 126 Å². The second kappa shape index (κ2) is 11.0. The van der Waals surface area contributed by atoms with Crippen LogP contribution in [-0.4, -0.2) is 58.8 Å². The maximum Gasteiger partial charge on any atom is 0.222 e. The van der Waals surface area contributed by atoms with Crippen molar-refractivity contribution in [3.05, 3.63) is 72.1 Å². The second-order valence-corrected chi connectivity index (χ2v) is 8.46. The number of likely N-dealkylation sites (N-methyl/N-ethyl adjacent to an activating group) is 1. The van der Waals surface area contributed by atoms with Gasteiger partial charge in [-0.05, 0) is 42.8 Å². The lowest BCUT2D eigenvalue weighted by molar-refractivity contribution is -0.130. The Morgan fingerprint density at radius 3 is 2.60 bits per heavy atom. The summed E-state index contributed by atoms with van der Waals surface area (Å²) in [4.78, 5) is 22.0. The maximum atomic E-state index is 11.9. The van der Waals surface area contributed by atoms with E-state index in [1.165, 1.54) is 6.33 Å². The third-order valence-corrected chi connectivity index (χ3v) is 5.88. The highest BCUT2D eigenvalue weighted by molar-refractivity contribution is 6.16. The summed E-state index contributed by atoms with van der Waals surface area (Å²) in [5, 5.41) is 12.2. The predicted octanol–water partition coefficient (Wildman–Crippen LogP) is 3.71. The molecule has 1 aliphatic rings. The van der Waals surface area contributed by atoms with Gasteiger partial charge in [-0.2, -0.15) is 0 Å². The first-order valence-electron chi connectivity index (χ1n) is 11.6. The van der Waals surface area contributed by atoms with Gasteiger partial charge in [0.2, 0.25) is 5.91 Å². The largest absolute Gasteiger partial charge is 0.457 e. The number of carbonyl (C=O) groups is 1. The van der Waals surface area contributed by atoms with Crippen molar-refractivity contribution in [1.82, 2.24) is 14.9 Å². The number of nitrogen functional groups attached to an aromatic ring is 1. The Morgan fingerprint density at radius 1 is 1.17 bits per heavy atom. The van der Waals surface area contributed by atoms with E-state index in [-0.39, 0.29) is 29.6 Å². The summed E-state index contributed by atoms with van der Waals surface area (Å²) in [6.07, 6.45) is 2.50. The summed E-state index contributed by atoms with van der Waals surface area (Å²) in [6.45, 7) is 2.86. The molecule has 1 amide bonds. The number of para-hydroxylation sites is 1. The van der Waals surface area contributed by atoms with Crippen LogP contribution in [0.4, 0.5) is 11.6 Å². The molecule has 0 bridgehead atoms. The standard InChI is InChI=1S/C26H30N6O3/c1-3-22(33)32(2)14-21-13-18(15-34-21)31-26-23(25(28)29-16-30-26)24(27)17-9-11-20(12-10-17)35-19-7-5-4-6-8-19/h4-12,16,18,21,27H,3,13-15H2,1-2H3,(H3,28,29,30,31). The Kier molecular flexibility index (Phi) is 7.57. The number of nitrogens with zero attached hydrogens (tertiary/aromatic N) is 3. The molecule has 2 heterocycles. The number of nitrogens with two attached hydrogens (primary N) is 1. The van der Waals surface area contributed by atoms with E-state index in [9.17, 15) is 4.79 Å². The molecule has 2 aromatic carbocycles. The second-order valence-electron chi connectivity index (χ2n) is 8.46. The summed E-state index contributed by atoms with van der Waals surface area (Å²) in [5.74, 6) is 2.21. The first-order valence-corrected chi connectivity index (χ1v) is 11.6. The van der Waals surface area contributed by atoms with Crippen LogP contribution in [0.25, 0.3) is 0 Å². The molecule has 0 spiro atoms. The Bertz CT molecular complexity index is 1170. The highest BCUT2D eigenvalue weighted by Crippen LogP contribution is 2.27. The number of hydrogen-bond donors (Lipinski definition) is 3. The molecule has 9 nitrogen and oxygen atoms in total. The van der Waals surface area contributed by atoms with Crippen LogP contribution in [0.2, 0.25) is 0 Å². The van der Waals surface area contributed by atoms with E-state index in [0.29, 0.717) is 48.7 Å². The van der Waals surface area contributed by atoms with Gasteiger partial charge in [-0.15, -0.1) is 0 Å². The molecule has 0 aliphatic carbocycles. The van der Waals surface area contributed by atoms with E-state index in [4.69, 9.17) is 20.6 Å². The summed E-state index contributed by atoms with van der Waals surface area (Å²) in [7, 11) is 1.79. The van der Waals surface area contributed by atoms with Gasteiger partial charge in [0.15, 0.2) is 0 Å². The molecule has 4 rings (SSSR count). The van der Waals surface area contributed by atoms with Crippen LogP contribution in [-0.2, 0) is 9.53 Å². The summed E-state index contributed by atoms with van der Waals surface area (Å²) in [5.41, 5.74) is 7.48. The number of rotatable bonds is 9. The Morgan fingerprint density at radius 2 is 1.89 bits per heavy atom. The number of hydrogen-bond acceptors (Lipinski definition) is 8. The molecule has 1 saturated heterocycles. The quantitative estimate of drug-likeness (QED) is 0.404. The minimum absolute atomic E-state index is 0.0207. The Labute approximate surface area is 204 Å². The van der Waals surface area contributed by atoms with Gasteiger partial charge in [-0.1, -0.05) is 25.1 Å². The highest BCUT2D eigenvalue weighted by atomic mass is 16.5. The van der Waals surface area contributed by atoms with Crippen molar-refractivity contribution >= 4 is 23.3 Å². The SMILES string of the molecule is CCC(=O)N(C)CC1CC(Nc2ncnc(N)c2C(=N)c2ccc(Oc3ccccc3)cc2)CO1. The Balaban J connectivity index is 1.44. The smallest absolute Gasteiger partial charge is 0.222 e. The van der Waals surface area contributed by atoms with Crippen LogP contribution in [0.5, 0.6) is 11.5 Å². The fourth-order valence-corrected chi connectivity index (χ4v) is 4.02. The van der Waals surface area contributed by atoms with Crippen molar-refractivity contribution < 1.29 is 14.3 Å². The van der Waals surface area contributed by atoms with Gasteiger partial charge >= 0.3 is 0 Å². The van der Waals surface area contributed by atoms with Crippen LogP contribution in [0.15, 0.2) is 60.9 Å². The fourth-order valence-electron chi connectivity index (χ4n) is 4.02. The monoisotopic (exact) mass is 474 g/mol. The fraction of sp³-hybridized carbons (Fsp3) is 0.308. The van der Waals surface area contributed by atoms with Crippen LogP contribution in [0.3, 0.4) is 0 Å². The van der Waals surface area contributed by atoms with E-state index >= 15 is 0 Å². The maximum absolute atomic E-state index is 11.9. The van der Waals surface area contributed by atoms with Crippen molar-refractivity contribution in [2.24, 2.45) is 0 Å². The number of anilines is 2. The lowest BCUT2D eigenvalue weighted by Gasteiger charge is -2.20. The van der Waals surface area contributed by atoms with Crippen LogP contribution < -0.4 is 15.8 Å². The van der Waals surface area contributed by atoms with Gasteiger partial charge < -0.3 is 25.4 Å². The van der Waals surface area contributed by atoms with E-state index < -0.39 is 0 Å². The summed E-state index contributed by atoms with van der Waals surface area (Å²) in [6, 6.07) is 16.7. The molecule has 182 valence electrons. The summed E-state index contributed by atoms with van der Waals surface area (Å²) >= 11 is 0. The molecule has 2 atom stereocenters. The first kappa shape index (κ1) is 24.2. The van der Waals surface area contributed by atoms with E-state index in [1.54, 1.807) is 11.9 Å². The van der Waals surface area contributed by atoms with Gasteiger partial charge in [0.1, 0.15) is 29.5 Å². The van der Waals surface area contributed by atoms with Crippen LogP contribution in [0.1, 0.15) is 30.9 Å². The molecule has 1 aromatic heterocycles. The molecule has 2 unspecified atom stereocenters. The minimum Gasteiger partial charge on any atom is -0.457 e. The molecule has 3 aromatic rings. The van der Waals surface area contributed by atoms with E-state index in [0.717, 1.165) is 5.75 Å². The average molecular weight is 475 g/mol. The van der Waals surface area contributed by atoms with Crippen molar-refractivity contribution in [2.75, 3.05) is 31.2 Å². The first-order chi connectivity index (χ1) is 16.9. The zero-order valence-electron chi connectivity index (χ0n) is 19.9. The molecular weight excluding hydrogens is 444 g/mol. The van der Waals surface area contributed by atoms with E-state index in [1.807, 2.05) is 61.5 Å². The van der Waals surface area contributed by atoms with Crippen molar-refractivity contribution in [3.8, 4) is 11.5 Å². The third-order valence-electron chi connectivity index (χ3n) is 5.88. The molecular formula is C26H30N6O3. The van der Waals surface area contributed by atoms with Crippen LogP contribution >= 0.6 is 0 Å². The molecule has 1 aliphatic heterocycles. The third kappa shape index (κ3) is 5.93. The normalized spacial score (nSPS) is 17.1. The average Bonchev–Trinajstić information content (AvgIpc) is 3.31. The van der Waals surface area contributed by atoms with Crippen molar-refractivity contribution in [2.45, 2.75) is 31.9 Å². The van der Waals surface area contributed by atoms with Gasteiger partial charge in [0.25, 0.3) is 0 Å². The van der Waals surface area contributed by atoms with E-state index in [2.05, 4.69) is 15.3 Å².